The van der Waals surface area contributed by atoms with Crippen molar-refractivity contribution in [2.24, 2.45) is 0 Å². The summed E-state index contributed by atoms with van der Waals surface area (Å²) in [4.78, 5) is 2.56. The van der Waals surface area contributed by atoms with Crippen molar-refractivity contribution in [1.82, 2.24) is 10.2 Å². The van der Waals surface area contributed by atoms with Gasteiger partial charge in [-0.25, -0.2) is 0 Å². The quantitative estimate of drug-likeness (QED) is 0.913. The molecule has 1 fully saturated rings. The predicted molar refractivity (Wildman–Crippen MR) is 87.8 cm³/mol. The van der Waals surface area contributed by atoms with E-state index in [4.69, 9.17) is 4.74 Å². The average Bonchev–Trinajstić information content (AvgIpc) is 2.47. The fraction of sp³-hybridized carbons (Fsp3) is 0.625. The molecule has 1 aromatic rings. The van der Waals surface area contributed by atoms with Crippen LogP contribution in [0.5, 0.6) is 5.75 Å². The lowest BCUT2D eigenvalue weighted by Crippen LogP contribution is -2.44. The number of benzene rings is 1. The van der Waals surface area contributed by atoms with Gasteiger partial charge in [-0.3, -0.25) is 4.90 Å². The molecule has 0 saturated carbocycles. The Morgan fingerprint density at radius 1 is 1.10 bits per heavy atom. The highest BCUT2D eigenvalue weighted by atomic mass is 79.9. The van der Waals surface area contributed by atoms with Crippen molar-refractivity contribution >= 4 is 15.9 Å². The van der Waals surface area contributed by atoms with E-state index in [0.717, 1.165) is 36.4 Å². The standard InChI is InChI=1S/C16H25BrN2O/c1-10-11(2)16(20-5)15(17)12(3)14(10)13(4)19-8-6-18-7-9-19/h13,18H,6-9H2,1-5H3. The van der Waals surface area contributed by atoms with E-state index in [9.17, 15) is 0 Å². The molecular weight excluding hydrogens is 316 g/mol. The molecule has 1 atom stereocenters. The van der Waals surface area contributed by atoms with Gasteiger partial charge in [0.15, 0.2) is 0 Å². The summed E-state index contributed by atoms with van der Waals surface area (Å²) in [6.45, 7) is 13.3. The van der Waals surface area contributed by atoms with Crippen LogP contribution in [0.25, 0.3) is 0 Å². The van der Waals surface area contributed by atoms with Crippen molar-refractivity contribution in [3.8, 4) is 5.75 Å². The minimum Gasteiger partial charge on any atom is -0.495 e. The van der Waals surface area contributed by atoms with Gasteiger partial charge in [0.25, 0.3) is 0 Å². The lowest BCUT2D eigenvalue weighted by molar-refractivity contribution is 0.184. The van der Waals surface area contributed by atoms with Crippen LogP contribution in [0.2, 0.25) is 0 Å². The van der Waals surface area contributed by atoms with Gasteiger partial charge in [-0.15, -0.1) is 0 Å². The van der Waals surface area contributed by atoms with Crippen molar-refractivity contribution in [1.29, 1.82) is 0 Å². The van der Waals surface area contributed by atoms with Crippen molar-refractivity contribution in [2.45, 2.75) is 33.7 Å². The molecule has 20 heavy (non-hydrogen) atoms. The van der Waals surface area contributed by atoms with E-state index in [1.807, 2.05) is 0 Å². The lowest BCUT2D eigenvalue weighted by atomic mass is 9.92. The monoisotopic (exact) mass is 340 g/mol. The molecule has 2 rings (SSSR count). The normalized spacial score (nSPS) is 18.1. The second-order valence-corrected chi connectivity index (χ2v) is 6.39. The SMILES string of the molecule is COc1c(C)c(C)c(C(C)N2CCNCC2)c(C)c1Br. The fourth-order valence-corrected chi connectivity index (χ4v) is 3.90. The van der Waals surface area contributed by atoms with Crippen LogP contribution >= 0.6 is 15.9 Å². The van der Waals surface area contributed by atoms with E-state index >= 15 is 0 Å². The first-order chi connectivity index (χ1) is 9.49. The molecule has 0 bridgehead atoms. The number of ether oxygens (including phenoxy) is 1. The highest BCUT2D eigenvalue weighted by Crippen LogP contribution is 2.40. The van der Waals surface area contributed by atoms with E-state index in [1.54, 1.807) is 7.11 Å². The molecule has 1 aromatic carbocycles. The van der Waals surface area contributed by atoms with E-state index < -0.39 is 0 Å². The molecule has 4 heteroatoms. The number of nitrogens with zero attached hydrogens (tertiary/aromatic N) is 1. The van der Waals surface area contributed by atoms with Gasteiger partial charge in [0.2, 0.25) is 0 Å². The number of hydrogen-bond acceptors (Lipinski definition) is 3. The van der Waals surface area contributed by atoms with Crippen LogP contribution in [0.4, 0.5) is 0 Å². The number of nitrogens with one attached hydrogen (secondary N) is 1. The Bertz CT molecular complexity index is 467. The van der Waals surface area contributed by atoms with Crippen molar-refractivity contribution < 1.29 is 4.74 Å². The zero-order chi connectivity index (χ0) is 14.9. The molecular formula is C16H25BrN2O. The minimum absolute atomic E-state index is 0.443. The summed E-state index contributed by atoms with van der Waals surface area (Å²) in [6.07, 6.45) is 0. The van der Waals surface area contributed by atoms with Gasteiger partial charge in [0.05, 0.1) is 11.6 Å². The highest BCUT2D eigenvalue weighted by Gasteiger charge is 2.24. The van der Waals surface area contributed by atoms with E-state index in [1.165, 1.54) is 22.3 Å². The number of methoxy groups -OCH3 is 1. The number of piperazine rings is 1. The number of halogens is 1. The molecule has 1 aliphatic heterocycles. The molecule has 3 nitrogen and oxygen atoms in total. The molecule has 0 radical (unpaired) electrons. The van der Waals surface area contributed by atoms with Gasteiger partial charge in [-0.1, -0.05) is 0 Å². The summed E-state index contributed by atoms with van der Waals surface area (Å²) in [5.41, 5.74) is 5.34. The zero-order valence-electron chi connectivity index (χ0n) is 13.1. The molecule has 1 N–H and O–H groups in total. The molecule has 1 unspecified atom stereocenters. The molecule has 0 spiro atoms. The Kier molecular flexibility index (Phi) is 5.10. The molecule has 0 aliphatic carbocycles. The summed E-state index contributed by atoms with van der Waals surface area (Å²) in [7, 11) is 1.74. The first-order valence-corrected chi connectivity index (χ1v) is 8.06. The van der Waals surface area contributed by atoms with Crippen LogP contribution in [0.1, 0.15) is 35.2 Å². The van der Waals surface area contributed by atoms with Gasteiger partial charge in [0.1, 0.15) is 5.75 Å². The van der Waals surface area contributed by atoms with Gasteiger partial charge in [-0.05, 0) is 65.9 Å². The Balaban J connectivity index is 2.45. The summed E-state index contributed by atoms with van der Waals surface area (Å²) in [5, 5.41) is 3.42. The summed E-state index contributed by atoms with van der Waals surface area (Å²) in [5.74, 6) is 0.969. The predicted octanol–water partition coefficient (Wildman–Crippen LogP) is 3.35. The summed E-state index contributed by atoms with van der Waals surface area (Å²) >= 11 is 3.71. The Morgan fingerprint density at radius 3 is 2.25 bits per heavy atom. The Labute approximate surface area is 130 Å². The smallest absolute Gasteiger partial charge is 0.136 e. The molecule has 0 aromatic heterocycles. The van der Waals surface area contributed by atoms with Crippen LogP contribution in [-0.2, 0) is 0 Å². The maximum absolute atomic E-state index is 5.55. The minimum atomic E-state index is 0.443. The maximum atomic E-state index is 5.55. The van der Waals surface area contributed by atoms with Gasteiger partial charge in [-0.2, -0.15) is 0 Å². The topological polar surface area (TPSA) is 24.5 Å². The lowest BCUT2D eigenvalue weighted by Gasteiger charge is -2.35. The van der Waals surface area contributed by atoms with E-state index in [0.29, 0.717) is 6.04 Å². The highest BCUT2D eigenvalue weighted by molar-refractivity contribution is 9.10. The zero-order valence-corrected chi connectivity index (χ0v) is 14.7. The van der Waals surface area contributed by atoms with Crippen LogP contribution in [0, 0.1) is 20.8 Å². The first kappa shape index (κ1) is 15.8. The van der Waals surface area contributed by atoms with E-state index in [-0.39, 0.29) is 0 Å². The largest absolute Gasteiger partial charge is 0.495 e. The third-order valence-electron chi connectivity index (χ3n) is 4.56. The third kappa shape index (κ3) is 2.74. The van der Waals surface area contributed by atoms with Gasteiger partial charge >= 0.3 is 0 Å². The third-order valence-corrected chi connectivity index (χ3v) is 5.52. The average molecular weight is 341 g/mol. The molecule has 1 saturated heterocycles. The molecule has 0 amide bonds. The van der Waals surface area contributed by atoms with Crippen molar-refractivity contribution in [3.05, 3.63) is 26.7 Å². The number of rotatable bonds is 3. The van der Waals surface area contributed by atoms with Crippen LogP contribution in [0.3, 0.4) is 0 Å². The fourth-order valence-electron chi connectivity index (χ4n) is 3.23. The van der Waals surface area contributed by atoms with Crippen molar-refractivity contribution in [2.75, 3.05) is 33.3 Å². The number of hydrogen-bond donors (Lipinski definition) is 1. The van der Waals surface area contributed by atoms with Crippen LogP contribution in [0.15, 0.2) is 4.47 Å². The van der Waals surface area contributed by atoms with Gasteiger partial charge in [0, 0.05) is 32.2 Å². The summed E-state index contributed by atoms with van der Waals surface area (Å²) in [6, 6.07) is 0.443. The second kappa shape index (κ2) is 6.46. The maximum Gasteiger partial charge on any atom is 0.136 e. The Morgan fingerprint density at radius 2 is 1.70 bits per heavy atom. The Hall–Kier alpha value is -0.580. The van der Waals surface area contributed by atoms with Crippen LogP contribution in [-0.4, -0.2) is 38.2 Å². The summed E-state index contributed by atoms with van der Waals surface area (Å²) < 4.78 is 6.64. The molecule has 1 heterocycles. The molecule has 112 valence electrons. The van der Waals surface area contributed by atoms with Crippen molar-refractivity contribution in [3.63, 3.8) is 0 Å². The second-order valence-electron chi connectivity index (χ2n) is 5.60. The van der Waals surface area contributed by atoms with Gasteiger partial charge < -0.3 is 10.1 Å². The van der Waals surface area contributed by atoms with Crippen LogP contribution < -0.4 is 10.1 Å². The molecule has 1 aliphatic rings. The first-order valence-electron chi connectivity index (χ1n) is 7.27. The van der Waals surface area contributed by atoms with E-state index in [2.05, 4.69) is 53.8 Å².